The van der Waals surface area contributed by atoms with Crippen molar-refractivity contribution >= 4 is 17.6 Å². The van der Waals surface area contributed by atoms with Crippen molar-refractivity contribution in [1.82, 2.24) is 20.5 Å². The number of ether oxygens (including phenoxy) is 1. The van der Waals surface area contributed by atoms with Gasteiger partial charge in [-0.15, -0.1) is 0 Å². The van der Waals surface area contributed by atoms with Crippen LogP contribution in [0.4, 0.5) is 5.82 Å². The average Bonchev–Trinajstić information content (AvgIpc) is 2.87. The van der Waals surface area contributed by atoms with Gasteiger partial charge < -0.3 is 30.3 Å². The number of hydrogen-bond donors (Lipinski definition) is 3. The molecule has 0 bridgehead atoms. The Morgan fingerprint density at radius 3 is 2.62 bits per heavy atom. The number of aliphatic hydroxyl groups excluding tert-OH is 1. The van der Waals surface area contributed by atoms with Crippen LogP contribution in [0.1, 0.15) is 35.3 Å². The zero-order valence-corrected chi connectivity index (χ0v) is 19.8. The monoisotopic (exact) mass is 467 g/mol. The van der Waals surface area contributed by atoms with E-state index in [0.717, 1.165) is 0 Å². The molecule has 3 heterocycles. The zero-order chi connectivity index (χ0) is 24.1. The topological polar surface area (TPSA) is 107 Å². The Balaban J connectivity index is 1.37. The number of amides is 2. The van der Waals surface area contributed by atoms with Gasteiger partial charge in [-0.3, -0.25) is 9.59 Å². The van der Waals surface area contributed by atoms with Gasteiger partial charge in [0.15, 0.2) is 0 Å². The largest absolute Gasteiger partial charge is 0.477 e. The molecule has 0 spiro atoms. The number of fused-ring (bicyclic) bond motifs is 1. The number of carbonyl (C=O) groups excluding carboxylic acids is 2. The summed E-state index contributed by atoms with van der Waals surface area (Å²) in [6.45, 7) is 7.25. The van der Waals surface area contributed by atoms with Gasteiger partial charge in [0.25, 0.3) is 5.91 Å². The number of nitrogens with zero attached hydrogens (tertiary/aromatic N) is 3. The predicted octanol–water partition coefficient (Wildman–Crippen LogP) is 0.954. The van der Waals surface area contributed by atoms with Crippen molar-refractivity contribution in [3.8, 4) is 5.88 Å². The van der Waals surface area contributed by atoms with Crippen LogP contribution in [0.2, 0.25) is 0 Å². The molecule has 2 aliphatic heterocycles. The number of hydrogen-bond acceptors (Lipinski definition) is 7. The summed E-state index contributed by atoms with van der Waals surface area (Å²) < 4.78 is 5.67. The van der Waals surface area contributed by atoms with Crippen LogP contribution >= 0.6 is 0 Å². The fraction of sp³-hybridized carbons (Fsp3) is 0.480. The summed E-state index contributed by atoms with van der Waals surface area (Å²) in [6.07, 6.45) is -0.0115. The molecule has 9 nitrogen and oxygen atoms in total. The first-order valence-corrected chi connectivity index (χ1v) is 11.9. The third-order valence-corrected chi connectivity index (χ3v) is 6.47. The fourth-order valence-corrected chi connectivity index (χ4v) is 4.46. The van der Waals surface area contributed by atoms with Crippen molar-refractivity contribution in [1.29, 1.82) is 0 Å². The van der Waals surface area contributed by atoms with Crippen LogP contribution in [-0.2, 0) is 17.8 Å². The third kappa shape index (κ3) is 5.48. The molecule has 0 saturated carbocycles. The Bertz CT molecular complexity index is 1020. The third-order valence-electron chi connectivity index (χ3n) is 6.47. The molecule has 2 aromatic rings. The Kier molecular flexibility index (Phi) is 7.64. The van der Waals surface area contributed by atoms with E-state index in [1.165, 1.54) is 11.1 Å². The fourth-order valence-electron chi connectivity index (χ4n) is 4.46. The van der Waals surface area contributed by atoms with Gasteiger partial charge in [0, 0.05) is 52.2 Å². The molecule has 0 aliphatic carbocycles. The highest BCUT2D eigenvalue weighted by Gasteiger charge is 2.26. The van der Waals surface area contributed by atoms with Crippen LogP contribution in [0.5, 0.6) is 5.88 Å². The highest BCUT2D eigenvalue weighted by molar-refractivity contribution is 5.96. The normalized spacial score (nSPS) is 18.7. The molecular weight excluding hydrogens is 434 g/mol. The molecular formula is C25H33N5O4. The Morgan fingerprint density at radius 2 is 1.91 bits per heavy atom. The van der Waals surface area contributed by atoms with Gasteiger partial charge in [-0.2, -0.15) is 4.98 Å². The summed E-state index contributed by atoms with van der Waals surface area (Å²) in [4.78, 5) is 33.0. The van der Waals surface area contributed by atoms with E-state index in [1.54, 1.807) is 19.1 Å². The molecule has 2 aliphatic rings. The molecule has 9 heteroatoms. The minimum atomic E-state index is -0.724. The van der Waals surface area contributed by atoms with E-state index >= 15 is 0 Å². The van der Waals surface area contributed by atoms with Gasteiger partial charge in [-0.25, -0.2) is 0 Å². The van der Waals surface area contributed by atoms with E-state index in [0.29, 0.717) is 57.1 Å². The van der Waals surface area contributed by atoms with E-state index in [9.17, 15) is 14.7 Å². The number of rotatable bonds is 7. The SMILES string of the molecule is CCOc1nc(N2CCN(C(C)=O)CC2)ccc1C(=O)NCC(O)C1Cc2ccccc2CN1. The molecule has 4 rings (SSSR count). The van der Waals surface area contributed by atoms with Crippen LogP contribution in [0.25, 0.3) is 0 Å². The lowest BCUT2D eigenvalue weighted by Gasteiger charge is -2.35. The van der Waals surface area contributed by atoms with E-state index in [2.05, 4.69) is 32.7 Å². The molecule has 2 amide bonds. The lowest BCUT2D eigenvalue weighted by Crippen LogP contribution is -2.49. The summed E-state index contributed by atoms with van der Waals surface area (Å²) in [5, 5.41) is 16.9. The number of nitrogens with one attached hydrogen (secondary N) is 2. The predicted molar refractivity (Wildman–Crippen MR) is 129 cm³/mol. The summed E-state index contributed by atoms with van der Waals surface area (Å²) >= 11 is 0. The van der Waals surface area contributed by atoms with Crippen molar-refractivity contribution < 1.29 is 19.4 Å². The van der Waals surface area contributed by atoms with E-state index in [4.69, 9.17) is 4.74 Å². The molecule has 1 fully saturated rings. The summed E-state index contributed by atoms with van der Waals surface area (Å²) in [5.41, 5.74) is 2.80. The van der Waals surface area contributed by atoms with Crippen molar-refractivity contribution in [2.45, 2.75) is 39.0 Å². The van der Waals surface area contributed by atoms with E-state index < -0.39 is 6.10 Å². The first kappa shape index (κ1) is 24.0. The van der Waals surface area contributed by atoms with Gasteiger partial charge in [0.1, 0.15) is 11.4 Å². The Labute approximate surface area is 200 Å². The molecule has 1 aromatic carbocycles. The van der Waals surface area contributed by atoms with Crippen molar-refractivity contribution in [3.63, 3.8) is 0 Å². The number of carbonyl (C=O) groups is 2. The number of aliphatic hydroxyl groups is 1. The summed E-state index contributed by atoms with van der Waals surface area (Å²) in [6, 6.07) is 11.6. The Hall–Kier alpha value is -3.17. The van der Waals surface area contributed by atoms with Crippen molar-refractivity contribution in [2.75, 3.05) is 44.2 Å². The highest BCUT2D eigenvalue weighted by Crippen LogP contribution is 2.23. The van der Waals surface area contributed by atoms with Crippen LogP contribution in [0.3, 0.4) is 0 Å². The van der Waals surface area contributed by atoms with E-state index in [1.807, 2.05) is 24.0 Å². The summed E-state index contributed by atoms with van der Waals surface area (Å²) in [5.74, 6) is 0.725. The molecule has 1 aromatic heterocycles. The quantitative estimate of drug-likeness (QED) is 0.557. The number of anilines is 1. The van der Waals surface area contributed by atoms with Gasteiger partial charge in [0.05, 0.1) is 12.7 Å². The molecule has 34 heavy (non-hydrogen) atoms. The first-order chi connectivity index (χ1) is 16.5. The number of pyridine rings is 1. The molecule has 2 unspecified atom stereocenters. The van der Waals surface area contributed by atoms with Crippen LogP contribution in [0.15, 0.2) is 36.4 Å². The van der Waals surface area contributed by atoms with Gasteiger partial charge in [-0.1, -0.05) is 24.3 Å². The minimum absolute atomic E-state index is 0.0736. The van der Waals surface area contributed by atoms with Gasteiger partial charge >= 0.3 is 0 Å². The van der Waals surface area contributed by atoms with Crippen LogP contribution in [-0.4, -0.2) is 78.3 Å². The lowest BCUT2D eigenvalue weighted by molar-refractivity contribution is -0.129. The van der Waals surface area contributed by atoms with E-state index in [-0.39, 0.29) is 30.3 Å². The number of benzene rings is 1. The number of piperazine rings is 1. The van der Waals surface area contributed by atoms with Gasteiger partial charge in [0.2, 0.25) is 11.8 Å². The molecule has 2 atom stereocenters. The standard InChI is InChI=1S/C25H33N5O4/c1-3-34-25-20(8-9-23(28-25)30-12-10-29(11-13-30)17(2)31)24(33)27-16-22(32)21-14-18-6-4-5-7-19(18)15-26-21/h4-9,21-22,26,32H,3,10-16H2,1-2H3,(H,27,33). The second-order valence-corrected chi connectivity index (χ2v) is 8.69. The maximum absolute atomic E-state index is 12.9. The summed E-state index contributed by atoms with van der Waals surface area (Å²) in [7, 11) is 0. The first-order valence-electron chi connectivity index (χ1n) is 11.9. The smallest absolute Gasteiger partial charge is 0.256 e. The molecule has 3 N–H and O–H groups in total. The lowest BCUT2D eigenvalue weighted by atomic mass is 9.93. The van der Waals surface area contributed by atoms with Crippen LogP contribution < -0.4 is 20.3 Å². The van der Waals surface area contributed by atoms with Crippen molar-refractivity contribution in [3.05, 3.63) is 53.1 Å². The highest BCUT2D eigenvalue weighted by atomic mass is 16.5. The average molecular weight is 468 g/mol. The Morgan fingerprint density at radius 1 is 1.18 bits per heavy atom. The number of aromatic nitrogens is 1. The second-order valence-electron chi connectivity index (χ2n) is 8.69. The maximum Gasteiger partial charge on any atom is 0.256 e. The van der Waals surface area contributed by atoms with Gasteiger partial charge in [-0.05, 0) is 36.6 Å². The zero-order valence-electron chi connectivity index (χ0n) is 19.8. The molecule has 1 saturated heterocycles. The molecule has 182 valence electrons. The molecule has 0 radical (unpaired) electrons. The maximum atomic E-state index is 12.9. The van der Waals surface area contributed by atoms with Crippen LogP contribution in [0, 0.1) is 0 Å². The van der Waals surface area contributed by atoms with Crippen molar-refractivity contribution in [2.24, 2.45) is 0 Å². The minimum Gasteiger partial charge on any atom is -0.477 e. The second kappa shape index (κ2) is 10.8.